The topological polar surface area (TPSA) is 110 Å². The van der Waals surface area contributed by atoms with Crippen LogP contribution >= 0.6 is 0 Å². The second-order valence-corrected chi connectivity index (χ2v) is 8.33. The second kappa shape index (κ2) is 8.62. The summed E-state index contributed by atoms with van der Waals surface area (Å²) in [5, 5.41) is 3.01. The molecule has 0 aliphatic carbocycles. The lowest BCUT2D eigenvalue weighted by Crippen LogP contribution is -2.47. The lowest BCUT2D eigenvalue weighted by Gasteiger charge is -2.32. The third-order valence-corrected chi connectivity index (χ3v) is 6.15. The van der Waals surface area contributed by atoms with Crippen LogP contribution in [-0.4, -0.2) is 69.0 Å². The normalized spacial score (nSPS) is 14.5. The number of likely N-dealkylation sites (N-methyl/N-ethyl adjacent to an activating group) is 1. The summed E-state index contributed by atoms with van der Waals surface area (Å²) in [5.41, 5.74) is 0.992. The van der Waals surface area contributed by atoms with E-state index in [0.717, 1.165) is 17.7 Å². The van der Waals surface area contributed by atoms with Crippen molar-refractivity contribution in [3.05, 3.63) is 68.0 Å². The Labute approximate surface area is 190 Å². The molecule has 0 spiro atoms. The minimum atomic E-state index is -0.500. The van der Waals surface area contributed by atoms with E-state index < -0.39 is 17.2 Å². The standard InChI is InChI=1S/C23H26N6O4/c1-14-17(13-24-19-18(14)22(32)28(4)23(33)27(19)3)20(30)25-16-7-5-15(6-8-16)21(31)29-11-9-26(2)10-12-29/h5-8,13H,9-12H2,1-4H3,(H,25,30). The molecule has 10 heteroatoms. The molecule has 3 heterocycles. The number of aryl methyl sites for hydroxylation is 2. The van der Waals surface area contributed by atoms with Crippen molar-refractivity contribution in [2.24, 2.45) is 14.1 Å². The predicted molar refractivity (Wildman–Crippen MR) is 125 cm³/mol. The molecule has 1 saturated heterocycles. The maximum atomic E-state index is 12.9. The van der Waals surface area contributed by atoms with E-state index in [9.17, 15) is 19.2 Å². The van der Waals surface area contributed by atoms with Crippen LogP contribution in [0.1, 0.15) is 26.3 Å². The van der Waals surface area contributed by atoms with Crippen molar-refractivity contribution in [1.82, 2.24) is 23.9 Å². The molecule has 1 N–H and O–H groups in total. The molecule has 3 aromatic rings. The highest BCUT2D eigenvalue weighted by molar-refractivity contribution is 6.07. The molecule has 0 bridgehead atoms. The zero-order chi connectivity index (χ0) is 23.9. The van der Waals surface area contributed by atoms with E-state index in [1.807, 2.05) is 11.9 Å². The van der Waals surface area contributed by atoms with Gasteiger partial charge >= 0.3 is 5.69 Å². The van der Waals surface area contributed by atoms with E-state index in [1.54, 1.807) is 31.2 Å². The molecular formula is C23H26N6O4. The minimum absolute atomic E-state index is 0.0305. The van der Waals surface area contributed by atoms with Crippen molar-refractivity contribution in [3.63, 3.8) is 0 Å². The fourth-order valence-corrected chi connectivity index (χ4v) is 3.99. The Kier molecular flexibility index (Phi) is 5.86. The summed E-state index contributed by atoms with van der Waals surface area (Å²) in [6, 6.07) is 6.72. The Morgan fingerprint density at radius 2 is 1.58 bits per heavy atom. The molecule has 1 aromatic carbocycles. The Balaban J connectivity index is 1.56. The largest absolute Gasteiger partial charge is 0.336 e. The number of rotatable bonds is 3. The van der Waals surface area contributed by atoms with Crippen LogP contribution < -0.4 is 16.6 Å². The van der Waals surface area contributed by atoms with Gasteiger partial charge in [-0.05, 0) is 43.8 Å². The van der Waals surface area contributed by atoms with E-state index in [0.29, 0.717) is 29.9 Å². The molecule has 33 heavy (non-hydrogen) atoms. The SMILES string of the molecule is Cc1c(C(=O)Nc2ccc(C(=O)N3CCN(C)CC3)cc2)cnc2c1c(=O)n(C)c(=O)n2C. The zero-order valence-electron chi connectivity index (χ0n) is 19.1. The van der Waals surface area contributed by atoms with Gasteiger partial charge in [-0.1, -0.05) is 0 Å². The maximum Gasteiger partial charge on any atom is 0.332 e. The van der Waals surface area contributed by atoms with Gasteiger partial charge < -0.3 is 15.1 Å². The summed E-state index contributed by atoms with van der Waals surface area (Å²) in [6.07, 6.45) is 1.36. The van der Waals surface area contributed by atoms with Crippen LogP contribution in [0.5, 0.6) is 0 Å². The number of piperazine rings is 1. The number of benzene rings is 1. The fourth-order valence-electron chi connectivity index (χ4n) is 3.99. The summed E-state index contributed by atoms with van der Waals surface area (Å²) in [7, 11) is 4.95. The van der Waals surface area contributed by atoms with Gasteiger partial charge in [0.15, 0.2) is 0 Å². The first-order valence-corrected chi connectivity index (χ1v) is 10.6. The van der Waals surface area contributed by atoms with Crippen molar-refractivity contribution in [2.75, 3.05) is 38.5 Å². The first-order chi connectivity index (χ1) is 15.7. The lowest BCUT2D eigenvalue weighted by molar-refractivity contribution is 0.0664. The van der Waals surface area contributed by atoms with Crippen LogP contribution in [0, 0.1) is 6.92 Å². The third-order valence-electron chi connectivity index (χ3n) is 6.15. The molecule has 0 saturated carbocycles. The number of anilines is 1. The Bertz CT molecular complexity index is 1360. The molecule has 172 valence electrons. The van der Waals surface area contributed by atoms with Crippen LogP contribution in [0.2, 0.25) is 0 Å². The molecule has 0 unspecified atom stereocenters. The van der Waals surface area contributed by atoms with Crippen LogP contribution in [0.3, 0.4) is 0 Å². The molecule has 2 aromatic heterocycles. The number of nitrogens with zero attached hydrogens (tertiary/aromatic N) is 5. The Morgan fingerprint density at radius 1 is 0.939 bits per heavy atom. The van der Waals surface area contributed by atoms with Crippen LogP contribution in [0.4, 0.5) is 5.69 Å². The Hall–Kier alpha value is -3.79. The number of amides is 2. The summed E-state index contributed by atoms with van der Waals surface area (Å²) in [6.45, 7) is 4.72. The number of hydrogen-bond donors (Lipinski definition) is 1. The van der Waals surface area contributed by atoms with Gasteiger partial charge in [-0.3, -0.25) is 23.5 Å². The van der Waals surface area contributed by atoms with Crippen LogP contribution in [0.25, 0.3) is 11.0 Å². The molecule has 1 fully saturated rings. The number of carbonyl (C=O) groups is 2. The molecule has 0 radical (unpaired) electrons. The highest BCUT2D eigenvalue weighted by Crippen LogP contribution is 2.18. The molecule has 10 nitrogen and oxygen atoms in total. The van der Waals surface area contributed by atoms with Crippen LogP contribution in [0.15, 0.2) is 40.1 Å². The fraction of sp³-hybridized carbons (Fsp3) is 0.348. The van der Waals surface area contributed by atoms with Gasteiger partial charge in [-0.15, -0.1) is 0 Å². The molecule has 2 amide bonds. The van der Waals surface area contributed by atoms with Gasteiger partial charge in [-0.2, -0.15) is 0 Å². The highest BCUT2D eigenvalue weighted by Gasteiger charge is 2.21. The van der Waals surface area contributed by atoms with Gasteiger partial charge in [0, 0.05) is 57.7 Å². The van der Waals surface area contributed by atoms with Gasteiger partial charge in [0.2, 0.25) is 0 Å². The number of nitrogens with one attached hydrogen (secondary N) is 1. The molecule has 1 aliphatic rings. The van der Waals surface area contributed by atoms with E-state index >= 15 is 0 Å². The first kappa shape index (κ1) is 22.4. The molecule has 1 aliphatic heterocycles. The van der Waals surface area contributed by atoms with Crippen molar-refractivity contribution < 1.29 is 9.59 Å². The number of hydrogen-bond acceptors (Lipinski definition) is 6. The summed E-state index contributed by atoms with van der Waals surface area (Å²) < 4.78 is 2.27. The summed E-state index contributed by atoms with van der Waals surface area (Å²) in [5.74, 6) is -0.465. The molecular weight excluding hydrogens is 424 g/mol. The second-order valence-electron chi connectivity index (χ2n) is 8.33. The quantitative estimate of drug-likeness (QED) is 0.625. The first-order valence-electron chi connectivity index (χ1n) is 10.6. The monoisotopic (exact) mass is 450 g/mol. The highest BCUT2D eigenvalue weighted by atomic mass is 16.2. The van der Waals surface area contributed by atoms with E-state index in [2.05, 4.69) is 15.2 Å². The average molecular weight is 450 g/mol. The van der Waals surface area contributed by atoms with Gasteiger partial charge in [0.05, 0.1) is 10.9 Å². The zero-order valence-corrected chi connectivity index (χ0v) is 19.1. The predicted octanol–water partition coefficient (Wildman–Crippen LogP) is 0.581. The molecule has 4 rings (SSSR count). The lowest BCUT2D eigenvalue weighted by atomic mass is 10.1. The summed E-state index contributed by atoms with van der Waals surface area (Å²) >= 11 is 0. The van der Waals surface area contributed by atoms with E-state index in [4.69, 9.17) is 0 Å². The van der Waals surface area contributed by atoms with Crippen molar-refractivity contribution in [1.29, 1.82) is 0 Å². The maximum absolute atomic E-state index is 12.9. The van der Waals surface area contributed by atoms with E-state index in [-0.39, 0.29) is 22.5 Å². The third kappa shape index (κ3) is 4.05. The van der Waals surface area contributed by atoms with E-state index in [1.165, 1.54) is 24.9 Å². The number of carbonyl (C=O) groups excluding carboxylic acids is 2. The smallest absolute Gasteiger partial charge is 0.332 e. The molecule has 0 atom stereocenters. The minimum Gasteiger partial charge on any atom is -0.336 e. The number of fused-ring (bicyclic) bond motifs is 1. The number of pyridine rings is 1. The van der Waals surface area contributed by atoms with Crippen molar-refractivity contribution >= 4 is 28.5 Å². The summed E-state index contributed by atoms with van der Waals surface area (Å²) in [4.78, 5) is 58.6. The van der Waals surface area contributed by atoms with Crippen molar-refractivity contribution in [3.8, 4) is 0 Å². The average Bonchev–Trinajstić information content (AvgIpc) is 2.81. The Morgan fingerprint density at radius 3 is 2.21 bits per heavy atom. The van der Waals surface area contributed by atoms with Gasteiger partial charge in [-0.25, -0.2) is 9.78 Å². The number of aromatic nitrogens is 3. The van der Waals surface area contributed by atoms with Gasteiger partial charge in [0.1, 0.15) is 5.65 Å². The van der Waals surface area contributed by atoms with Gasteiger partial charge in [0.25, 0.3) is 17.4 Å². The van der Waals surface area contributed by atoms with Crippen LogP contribution in [-0.2, 0) is 14.1 Å². The van der Waals surface area contributed by atoms with Crippen molar-refractivity contribution in [2.45, 2.75) is 6.92 Å².